The van der Waals surface area contributed by atoms with Crippen molar-refractivity contribution in [3.8, 4) is 0 Å². The topological polar surface area (TPSA) is 48.4 Å². The van der Waals surface area contributed by atoms with E-state index in [4.69, 9.17) is 0 Å². The lowest BCUT2D eigenvalue weighted by molar-refractivity contribution is 0.124. The highest BCUT2D eigenvalue weighted by molar-refractivity contribution is 5.33. The molecule has 0 radical (unpaired) electrons. The fourth-order valence-corrected chi connectivity index (χ4v) is 3.03. The van der Waals surface area contributed by atoms with Crippen LogP contribution in [-0.2, 0) is 0 Å². The van der Waals surface area contributed by atoms with Gasteiger partial charge in [-0.15, -0.1) is 0 Å². The van der Waals surface area contributed by atoms with Crippen molar-refractivity contribution < 1.29 is 13.9 Å². The number of nitrogens with zero attached hydrogens (tertiary/aromatic N) is 2. The van der Waals surface area contributed by atoms with Gasteiger partial charge in [0.15, 0.2) is 11.6 Å². The van der Waals surface area contributed by atoms with Crippen LogP contribution in [0.2, 0.25) is 0 Å². The van der Waals surface area contributed by atoms with Gasteiger partial charge < -0.3 is 15.3 Å². The molecule has 2 atom stereocenters. The summed E-state index contributed by atoms with van der Waals surface area (Å²) in [5.41, 5.74) is 0.406. The largest absolute Gasteiger partial charge is 0.387 e. The number of rotatable bonds is 6. The number of hydrogen-bond donors (Lipinski definition) is 2. The molecule has 1 aromatic heterocycles. The molecular formula is C18H21F2N3O. The van der Waals surface area contributed by atoms with Gasteiger partial charge in [0.2, 0.25) is 0 Å². The molecule has 1 aliphatic rings. The molecule has 0 unspecified atom stereocenters. The fourth-order valence-electron chi connectivity index (χ4n) is 3.03. The summed E-state index contributed by atoms with van der Waals surface area (Å²) in [5.74, 6) is -0.486. The molecule has 0 amide bonds. The minimum Gasteiger partial charge on any atom is -0.387 e. The van der Waals surface area contributed by atoms with E-state index in [0.29, 0.717) is 18.0 Å². The molecule has 1 aromatic carbocycles. The van der Waals surface area contributed by atoms with Crippen LogP contribution in [0.5, 0.6) is 0 Å². The van der Waals surface area contributed by atoms with E-state index in [1.165, 1.54) is 6.07 Å². The van der Waals surface area contributed by atoms with Gasteiger partial charge in [-0.1, -0.05) is 12.1 Å². The fraction of sp³-hybridized carbons (Fsp3) is 0.389. The molecule has 1 saturated heterocycles. The summed E-state index contributed by atoms with van der Waals surface area (Å²) >= 11 is 0. The molecule has 3 rings (SSSR count). The predicted molar refractivity (Wildman–Crippen MR) is 88.6 cm³/mol. The predicted octanol–water partition coefficient (Wildman–Crippen LogP) is 2.83. The Bertz CT molecular complexity index is 669. The van der Waals surface area contributed by atoms with Crippen molar-refractivity contribution in [1.82, 2.24) is 9.88 Å². The summed E-state index contributed by atoms with van der Waals surface area (Å²) in [5, 5.41) is 13.5. The molecule has 128 valence electrons. The Labute approximate surface area is 140 Å². The lowest BCUT2D eigenvalue weighted by atomic mass is 10.1. The van der Waals surface area contributed by atoms with E-state index in [-0.39, 0.29) is 0 Å². The van der Waals surface area contributed by atoms with E-state index in [1.54, 1.807) is 6.20 Å². The second kappa shape index (κ2) is 7.68. The summed E-state index contributed by atoms with van der Waals surface area (Å²) < 4.78 is 26.2. The zero-order valence-corrected chi connectivity index (χ0v) is 13.3. The minimum atomic E-state index is -0.926. The SMILES string of the molecule is O[C@@H](CN1CC[C@H](CNc2ccccn2)C1)c1ccc(F)c(F)c1. The van der Waals surface area contributed by atoms with Gasteiger partial charge in [-0.25, -0.2) is 13.8 Å². The molecule has 2 heterocycles. The molecule has 1 aliphatic heterocycles. The van der Waals surface area contributed by atoms with Crippen LogP contribution in [-0.4, -0.2) is 41.2 Å². The standard InChI is InChI=1S/C18H21F2N3O/c19-15-5-4-14(9-16(15)20)17(24)12-23-8-6-13(11-23)10-22-18-3-1-2-7-21-18/h1-5,7,9,13,17,24H,6,8,10-12H2,(H,21,22)/t13-,17+/m1/s1. The maximum Gasteiger partial charge on any atom is 0.159 e. The molecule has 24 heavy (non-hydrogen) atoms. The van der Waals surface area contributed by atoms with Gasteiger partial charge >= 0.3 is 0 Å². The summed E-state index contributed by atoms with van der Waals surface area (Å²) in [4.78, 5) is 6.38. The minimum absolute atomic E-state index is 0.406. The average molecular weight is 333 g/mol. The van der Waals surface area contributed by atoms with Crippen molar-refractivity contribution >= 4 is 5.82 Å². The van der Waals surface area contributed by atoms with Crippen molar-refractivity contribution in [3.05, 3.63) is 59.8 Å². The second-order valence-electron chi connectivity index (χ2n) is 6.20. The van der Waals surface area contributed by atoms with Crippen LogP contribution >= 0.6 is 0 Å². The zero-order chi connectivity index (χ0) is 16.9. The molecule has 2 aromatic rings. The lowest BCUT2D eigenvalue weighted by Gasteiger charge is -2.20. The number of benzene rings is 1. The molecule has 0 saturated carbocycles. The monoisotopic (exact) mass is 333 g/mol. The number of likely N-dealkylation sites (tertiary alicyclic amines) is 1. The molecule has 6 heteroatoms. The summed E-state index contributed by atoms with van der Waals surface area (Å²) in [6.07, 6.45) is 1.97. The Morgan fingerprint density at radius 2 is 2.12 bits per heavy atom. The van der Waals surface area contributed by atoms with Crippen LogP contribution < -0.4 is 5.32 Å². The number of aromatic nitrogens is 1. The van der Waals surface area contributed by atoms with Crippen molar-refractivity contribution in [2.45, 2.75) is 12.5 Å². The van der Waals surface area contributed by atoms with Crippen LogP contribution in [0.1, 0.15) is 18.1 Å². The van der Waals surface area contributed by atoms with E-state index in [2.05, 4.69) is 15.2 Å². The van der Waals surface area contributed by atoms with Gasteiger partial charge in [0.05, 0.1) is 6.10 Å². The molecule has 2 N–H and O–H groups in total. The van der Waals surface area contributed by atoms with Crippen molar-refractivity contribution in [3.63, 3.8) is 0 Å². The molecule has 0 aliphatic carbocycles. The van der Waals surface area contributed by atoms with Gasteiger partial charge in [0.1, 0.15) is 5.82 Å². The molecule has 0 bridgehead atoms. The van der Waals surface area contributed by atoms with Crippen LogP contribution in [0.15, 0.2) is 42.6 Å². The Hall–Kier alpha value is -2.05. The van der Waals surface area contributed by atoms with Crippen molar-refractivity contribution in [1.29, 1.82) is 0 Å². The highest BCUT2D eigenvalue weighted by atomic mass is 19.2. The third-order valence-corrected chi connectivity index (χ3v) is 4.37. The maximum atomic E-state index is 13.3. The molecular weight excluding hydrogens is 312 g/mol. The van der Waals surface area contributed by atoms with Crippen molar-refractivity contribution in [2.75, 3.05) is 31.5 Å². The van der Waals surface area contributed by atoms with E-state index in [1.807, 2.05) is 18.2 Å². The first-order valence-corrected chi connectivity index (χ1v) is 8.12. The summed E-state index contributed by atoms with van der Waals surface area (Å²) in [7, 11) is 0. The number of anilines is 1. The third-order valence-electron chi connectivity index (χ3n) is 4.37. The Morgan fingerprint density at radius 1 is 1.25 bits per heavy atom. The van der Waals surface area contributed by atoms with Crippen LogP contribution in [0.3, 0.4) is 0 Å². The zero-order valence-electron chi connectivity index (χ0n) is 13.3. The van der Waals surface area contributed by atoms with E-state index in [0.717, 1.165) is 44.0 Å². The Morgan fingerprint density at radius 3 is 2.88 bits per heavy atom. The van der Waals surface area contributed by atoms with Gasteiger partial charge in [0, 0.05) is 25.8 Å². The summed E-state index contributed by atoms with van der Waals surface area (Å²) in [6.45, 7) is 3.00. The number of halogens is 2. The number of aliphatic hydroxyl groups excluding tert-OH is 1. The molecule has 1 fully saturated rings. The normalized spacial score (nSPS) is 19.4. The lowest BCUT2D eigenvalue weighted by Crippen LogP contribution is -2.27. The smallest absolute Gasteiger partial charge is 0.159 e. The Kier molecular flexibility index (Phi) is 5.37. The molecule has 0 spiro atoms. The highest BCUT2D eigenvalue weighted by Crippen LogP contribution is 2.22. The average Bonchev–Trinajstić information content (AvgIpc) is 3.04. The van der Waals surface area contributed by atoms with E-state index >= 15 is 0 Å². The Balaban J connectivity index is 1.47. The van der Waals surface area contributed by atoms with E-state index in [9.17, 15) is 13.9 Å². The number of hydrogen-bond acceptors (Lipinski definition) is 4. The second-order valence-corrected chi connectivity index (χ2v) is 6.20. The van der Waals surface area contributed by atoms with E-state index < -0.39 is 17.7 Å². The molecule has 4 nitrogen and oxygen atoms in total. The first-order chi connectivity index (χ1) is 11.6. The number of pyridine rings is 1. The van der Waals surface area contributed by atoms with Crippen LogP contribution in [0, 0.1) is 17.6 Å². The van der Waals surface area contributed by atoms with Gasteiger partial charge in [-0.05, 0) is 48.7 Å². The number of nitrogens with one attached hydrogen (secondary N) is 1. The number of β-amino-alcohol motifs (C(OH)–C–C–N with tert-alkyl or cyclic N) is 1. The van der Waals surface area contributed by atoms with Gasteiger partial charge in [0.25, 0.3) is 0 Å². The van der Waals surface area contributed by atoms with Gasteiger partial charge in [-0.2, -0.15) is 0 Å². The quantitative estimate of drug-likeness (QED) is 0.853. The van der Waals surface area contributed by atoms with Crippen LogP contribution in [0.25, 0.3) is 0 Å². The summed E-state index contributed by atoms with van der Waals surface area (Å²) in [6, 6.07) is 9.29. The van der Waals surface area contributed by atoms with Crippen molar-refractivity contribution in [2.24, 2.45) is 5.92 Å². The van der Waals surface area contributed by atoms with Crippen LogP contribution in [0.4, 0.5) is 14.6 Å². The first-order valence-electron chi connectivity index (χ1n) is 8.12. The highest BCUT2D eigenvalue weighted by Gasteiger charge is 2.24. The first kappa shape index (κ1) is 16.8. The van der Waals surface area contributed by atoms with Gasteiger partial charge in [-0.3, -0.25) is 0 Å². The maximum absolute atomic E-state index is 13.3. The third kappa shape index (κ3) is 4.27. The number of aliphatic hydroxyl groups is 1.